The Balaban J connectivity index is 2.90. The van der Waals surface area contributed by atoms with Crippen LogP contribution in [0.3, 0.4) is 0 Å². The topological polar surface area (TPSA) is 56.0 Å². The van der Waals surface area contributed by atoms with Crippen molar-refractivity contribution in [1.29, 1.82) is 5.26 Å². The summed E-state index contributed by atoms with van der Waals surface area (Å²) in [5.41, 5.74) is -1.00. The molecule has 1 atom stereocenters. The Morgan fingerprint density at radius 1 is 1.44 bits per heavy atom. The number of rotatable bonds is 4. The van der Waals surface area contributed by atoms with E-state index in [0.717, 1.165) is 12.1 Å². The first kappa shape index (κ1) is 14.3. The molecule has 1 aromatic rings. The molecule has 3 nitrogen and oxygen atoms in total. The van der Waals surface area contributed by atoms with E-state index in [0.29, 0.717) is 12.1 Å². The predicted octanol–water partition coefficient (Wildman–Crippen LogP) is 2.76. The minimum Gasteiger partial charge on any atom is -0.391 e. The zero-order valence-electron chi connectivity index (χ0n) is 9.75. The molecule has 0 heterocycles. The molecule has 0 aliphatic rings. The smallest absolute Gasteiger partial charge is 0.391 e. The maximum atomic E-state index is 12.5. The van der Waals surface area contributed by atoms with Gasteiger partial charge in [-0.05, 0) is 24.6 Å². The van der Waals surface area contributed by atoms with Gasteiger partial charge in [-0.25, -0.2) is 0 Å². The molecule has 1 rings (SSSR count). The second-order valence-corrected chi connectivity index (χ2v) is 3.81. The number of alkyl halides is 3. The molecule has 0 aliphatic heterocycles. The fourth-order valence-corrected chi connectivity index (χ4v) is 1.37. The molecular formula is C12H13F3N2O. The zero-order chi connectivity index (χ0) is 13.8. The van der Waals surface area contributed by atoms with E-state index in [9.17, 15) is 18.3 Å². The molecule has 2 N–H and O–H groups in total. The van der Waals surface area contributed by atoms with E-state index in [4.69, 9.17) is 5.26 Å². The lowest BCUT2D eigenvalue weighted by Crippen LogP contribution is -2.18. The Labute approximate surface area is 103 Å². The van der Waals surface area contributed by atoms with Gasteiger partial charge in [0.05, 0.1) is 23.3 Å². The molecule has 98 valence electrons. The van der Waals surface area contributed by atoms with E-state index >= 15 is 0 Å². The van der Waals surface area contributed by atoms with Crippen molar-refractivity contribution in [3.05, 3.63) is 29.3 Å². The third-order valence-corrected chi connectivity index (χ3v) is 2.46. The van der Waals surface area contributed by atoms with E-state index in [1.54, 1.807) is 6.92 Å². The number of hydrogen-bond acceptors (Lipinski definition) is 3. The van der Waals surface area contributed by atoms with E-state index in [-0.39, 0.29) is 6.54 Å². The van der Waals surface area contributed by atoms with Crippen LogP contribution in [0.2, 0.25) is 0 Å². The summed E-state index contributed by atoms with van der Waals surface area (Å²) in [7, 11) is 0. The lowest BCUT2D eigenvalue weighted by Gasteiger charge is -2.13. The number of nitriles is 1. The lowest BCUT2D eigenvalue weighted by molar-refractivity contribution is -0.137. The Morgan fingerprint density at radius 3 is 2.61 bits per heavy atom. The first-order chi connectivity index (χ1) is 8.38. The quantitative estimate of drug-likeness (QED) is 0.873. The van der Waals surface area contributed by atoms with Crippen molar-refractivity contribution in [3.8, 4) is 6.07 Å². The van der Waals surface area contributed by atoms with Gasteiger partial charge >= 0.3 is 6.18 Å². The molecule has 0 saturated heterocycles. The first-order valence-corrected chi connectivity index (χ1v) is 5.41. The average molecular weight is 258 g/mol. The van der Waals surface area contributed by atoms with Crippen LogP contribution in [-0.2, 0) is 6.18 Å². The van der Waals surface area contributed by atoms with Gasteiger partial charge in [-0.15, -0.1) is 0 Å². The Hall–Kier alpha value is -1.74. The number of nitrogens with one attached hydrogen (secondary N) is 1. The molecule has 0 saturated carbocycles. The van der Waals surface area contributed by atoms with Crippen LogP contribution in [0.1, 0.15) is 24.5 Å². The Bertz CT molecular complexity index is 452. The standard InChI is InChI=1S/C12H13F3N2O/c1-2-10(18)7-17-9-3-4-11(12(13,14)15)8(5-9)6-16/h3-5,10,17-18H,2,7H2,1H3. The van der Waals surface area contributed by atoms with Gasteiger partial charge in [-0.2, -0.15) is 18.4 Å². The number of halogens is 3. The van der Waals surface area contributed by atoms with Crippen molar-refractivity contribution in [2.24, 2.45) is 0 Å². The minimum atomic E-state index is -4.54. The molecule has 0 amide bonds. The van der Waals surface area contributed by atoms with Crippen molar-refractivity contribution < 1.29 is 18.3 Å². The molecule has 0 spiro atoms. The number of aliphatic hydroxyl groups is 1. The summed E-state index contributed by atoms with van der Waals surface area (Å²) in [5.74, 6) is 0. The van der Waals surface area contributed by atoms with Crippen molar-refractivity contribution in [1.82, 2.24) is 0 Å². The fourth-order valence-electron chi connectivity index (χ4n) is 1.37. The van der Waals surface area contributed by atoms with Crippen LogP contribution in [0.5, 0.6) is 0 Å². The molecule has 1 aromatic carbocycles. The van der Waals surface area contributed by atoms with Gasteiger partial charge in [0, 0.05) is 12.2 Å². The molecule has 6 heteroatoms. The number of benzene rings is 1. The minimum absolute atomic E-state index is 0.229. The van der Waals surface area contributed by atoms with E-state index in [2.05, 4.69) is 5.32 Å². The second kappa shape index (κ2) is 5.74. The van der Waals surface area contributed by atoms with Gasteiger partial charge in [-0.1, -0.05) is 6.92 Å². The number of nitrogens with zero attached hydrogens (tertiary/aromatic N) is 1. The molecule has 1 unspecified atom stereocenters. The van der Waals surface area contributed by atoms with E-state index in [1.165, 1.54) is 12.1 Å². The Kier molecular flexibility index (Phi) is 4.56. The average Bonchev–Trinajstić information content (AvgIpc) is 2.34. The summed E-state index contributed by atoms with van der Waals surface area (Å²) in [6, 6.07) is 4.75. The number of anilines is 1. The molecule has 18 heavy (non-hydrogen) atoms. The highest BCUT2D eigenvalue weighted by molar-refractivity contribution is 5.53. The molecule has 0 bridgehead atoms. The van der Waals surface area contributed by atoms with E-state index in [1.807, 2.05) is 0 Å². The molecule has 0 radical (unpaired) electrons. The van der Waals surface area contributed by atoms with Gasteiger partial charge < -0.3 is 10.4 Å². The third-order valence-electron chi connectivity index (χ3n) is 2.46. The van der Waals surface area contributed by atoms with Crippen molar-refractivity contribution in [2.75, 3.05) is 11.9 Å². The summed E-state index contributed by atoms with van der Waals surface area (Å²) in [5, 5.41) is 20.8. The monoisotopic (exact) mass is 258 g/mol. The maximum Gasteiger partial charge on any atom is 0.417 e. The highest BCUT2D eigenvalue weighted by Crippen LogP contribution is 2.32. The van der Waals surface area contributed by atoms with Crippen LogP contribution in [0.4, 0.5) is 18.9 Å². The van der Waals surface area contributed by atoms with Crippen molar-refractivity contribution in [3.63, 3.8) is 0 Å². The van der Waals surface area contributed by atoms with Gasteiger partial charge in [0.1, 0.15) is 0 Å². The van der Waals surface area contributed by atoms with Gasteiger partial charge in [-0.3, -0.25) is 0 Å². The van der Waals surface area contributed by atoms with Crippen LogP contribution in [0.25, 0.3) is 0 Å². The van der Waals surface area contributed by atoms with Gasteiger partial charge in [0.15, 0.2) is 0 Å². The number of hydrogen-bond donors (Lipinski definition) is 2. The third kappa shape index (κ3) is 3.64. The Morgan fingerprint density at radius 2 is 2.11 bits per heavy atom. The van der Waals surface area contributed by atoms with Crippen LogP contribution < -0.4 is 5.32 Å². The maximum absolute atomic E-state index is 12.5. The summed E-state index contributed by atoms with van der Waals surface area (Å²) < 4.78 is 37.6. The number of aliphatic hydroxyl groups excluding tert-OH is 1. The van der Waals surface area contributed by atoms with Crippen molar-refractivity contribution >= 4 is 5.69 Å². The molecule has 0 fully saturated rings. The van der Waals surface area contributed by atoms with Crippen LogP contribution in [-0.4, -0.2) is 17.8 Å². The predicted molar refractivity (Wildman–Crippen MR) is 60.9 cm³/mol. The summed E-state index contributed by atoms with van der Waals surface area (Å²) in [6.07, 6.45) is -4.57. The lowest BCUT2D eigenvalue weighted by atomic mass is 10.1. The van der Waals surface area contributed by atoms with E-state index < -0.39 is 23.4 Å². The second-order valence-electron chi connectivity index (χ2n) is 3.81. The zero-order valence-corrected chi connectivity index (χ0v) is 9.75. The van der Waals surface area contributed by atoms with Gasteiger partial charge in [0.2, 0.25) is 0 Å². The highest BCUT2D eigenvalue weighted by atomic mass is 19.4. The fraction of sp³-hybridized carbons (Fsp3) is 0.417. The molecular weight excluding hydrogens is 245 g/mol. The largest absolute Gasteiger partial charge is 0.417 e. The normalized spacial score (nSPS) is 12.9. The summed E-state index contributed by atoms with van der Waals surface area (Å²) in [6.45, 7) is 2.02. The van der Waals surface area contributed by atoms with Crippen LogP contribution >= 0.6 is 0 Å². The van der Waals surface area contributed by atoms with Crippen LogP contribution in [0, 0.1) is 11.3 Å². The van der Waals surface area contributed by atoms with Crippen molar-refractivity contribution in [2.45, 2.75) is 25.6 Å². The first-order valence-electron chi connectivity index (χ1n) is 5.41. The highest BCUT2D eigenvalue weighted by Gasteiger charge is 2.33. The SMILES string of the molecule is CCC(O)CNc1ccc(C(F)(F)F)c(C#N)c1. The summed E-state index contributed by atoms with van der Waals surface area (Å²) in [4.78, 5) is 0. The molecule has 0 aliphatic carbocycles. The van der Waals surface area contributed by atoms with Crippen LogP contribution in [0.15, 0.2) is 18.2 Å². The van der Waals surface area contributed by atoms with Gasteiger partial charge in [0.25, 0.3) is 0 Å². The summed E-state index contributed by atoms with van der Waals surface area (Å²) >= 11 is 0. The molecule has 0 aromatic heterocycles.